The molecule has 0 saturated carbocycles. The number of aryl methyl sites for hydroxylation is 1. The van der Waals surface area contributed by atoms with E-state index in [1.165, 1.54) is 29.2 Å². The molecule has 2 aromatic heterocycles. The number of halogens is 1. The van der Waals surface area contributed by atoms with E-state index in [4.69, 9.17) is 5.73 Å². The summed E-state index contributed by atoms with van der Waals surface area (Å²) in [5.74, 6) is 0.121. The van der Waals surface area contributed by atoms with Gasteiger partial charge in [-0.1, -0.05) is 11.8 Å². The topological polar surface area (TPSA) is 84.8 Å². The second-order valence-electron chi connectivity index (χ2n) is 6.57. The Morgan fingerprint density at radius 2 is 2.26 bits per heavy atom. The number of aromatic nitrogens is 2. The van der Waals surface area contributed by atoms with Crippen LogP contribution in [-0.2, 0) is 5.54 Å². The van der Waals surface area contributed by atoms with Crippen molar-refractivity contribution in [1.82, 2.24) is 9.38 Å². The Bertz CT molecular complexity index is 1070. The molecule has 0 radical (unpaired) electrons. The maximum absolute atomic E-state index is 14.5. The van der Waals surface area contributed by atoms with E-state index in [9.17, 15) is 9.18 Å². The number of aliphatic imine (C=N–C) groups is 1. The zero-order chi connectivity index (χ0) is 19.2. The molecule has 1 atom stereocenters. The number of nitrogens with zero attached hydrogens (tertiary/aromatic N) is 3. The van der Waals surface area contributed by atoms with Gasteiger partial charge in [-0.05, 0) is 38.5 Å². The van der Waals surface area contributed by atoms with Crippen molar-refractivity contribution in [2.75, 3.05) is 11.1 Å². The smallest absolute Gasteiger partial charge is 0.274 e. The van der Waals surface area contributed by atoms with Crippen molar-refractivity contribution in [3.8, 4) is 0 Å². The highest BCUT2D eigenvalue weighted by molar-refractivity contribution is 8.13. The molecule has 1 aliphatic heterocycles. The molecule has 1 unspecified atom stereocenters. The van der Waals surface area contributed by atoms with E-state index in [0.717, 1.165) is 10.7 Å². The van der Waals surface area contributed by atoms with Crippen LogP contribution in [0.1, 0.15) is 35.1 Å². The molecule has 0 aliphatic carbocycles. The number of amides is 1. The zero-order valence-electron chi connectivity index (χ0n) is 14.8. The van der Waals surface area contributed by atoms with Crippen molar-refractivity contribution < 1.29 is 9.18 Å². The van der Waals surface area contributed by atoms with Gasteiger partial charge in [-0.3, -0.25) is 14.2 Å². The van der Waals surface area contributed by atoms with E-state index in [-0.39, 0.29) is 11.7 Å². The summed E-state index contributed by atoms with van der Waals surface area (Å²) >= 11 is 2.93. The molecular weight excluding hydrogens is 385 g/mol. The Hall–Kier alpha value is -2.39. The van der Waals surface area contributed by atoms with Crippen LogP contribution in [0.2, 0.25) is 0 Å². The predicted octanol–water partition coefficient (Wildman–Crippen LogP) is 3.76. The van der Waals surface area contributed by atoms with Gasteiger partial charge in [-0.15, -0.1) is 11.3 Å². The number of hydrogen-bond donors (Lipinski definition) is 2. The van der Waals surface area contributed by atoms with Gasteiger partial charge >= 0.3 is 0 Å². The maximum Gasteiger partial charge on any atom is 0.274 e. The van der Waals surface area contributed by atoms with Gasteiger partial charge in [0.05, 0.1) is 11.2 Å². The van der Waals surface area contributed by atoms with Gasteiger partial charge in [0.15, 0.2) is 10.1 Å². The van der Waals surface area contributed by atoms with E-state index >= 15 is 0 Å². The fraction of sp³-hybridized carbons (Fsp3) is 0.278. The van der Waals surface area contributed by atoms with Crippen LogP contribution >= 0.6 is 23.1 Å². The third-order valence-electron chi connectivity index (χ3n) is 4.65. The first-order valence-electron chi connectivity index (χ1n) is 8.39. The predicted molar refractivity (Wildman–Crippen MR) is 108 cm³/mol. The molecule has 3 N–H and O–H groups in total. The first kappa shape index (κ1) is 18.0. The van der Waals surface area contributed by atoms with Crippen molar-refractivity contribution in [1.29, 1.82) is 0 Å². The third-order valence-corrected chi connectivity index (χ3v) is 6.20. The summed E-state index contributed by atoms with van der Waals surface area (Å²) in [5, 5.41) is 5.18. The number of hydrogen-bond acceptors (Lipinski definition) is 6. The SMILES string of the molecule is Cc1nc2sccn2c1C(=O)Nc1ccc(F)c(C2(C)CCSC(N)=N2)c1. The van der Waals surface area contributed by atoms with Crippen LogP contribution < -0.4 is 11.1 Å². The molecule has 0 saturated heterocycles. The molecule has 6 nitrogen and oxygen atoms in total. The maximum atomic E-state index is 14.5. The Kier molecular flexibility index (Phi) is 4.43. The number of thiazole rings is 1. The number of fused-ring (bicyclic) bond motifs is 1. The number of amidine groups is 1. The van der Waals surface area contributed by atoms with E-state index in [1.807, 2.05) is 18.5 Å². The molecule has 0 spiro atoms. The minimum absolute atomic E-state index is 0.289. The molecule has 0 fully saturated rings. The average molecular weight is 404 g/mol. The van der Waals surface area contributed by atoms with Crippen LogP contribution in [-0.4, -0.2) is 26.2 Å². The lowest BCUT2D eigenvalue weighted by atomic mass is 9.89. The van der Waals surface area contributed by atoms with Gasteiger partial charge in [0, 0.05) is 28.6 Å². The molecule has 3 heterocycles. The van der Waals surface area contributed by atoms with Crippen LogP contribution in [0.15, 0.2) is 34.8 Å². The van der Waals surface area contributed by atoms with Gasteiger partial charge in [-0.2, -0.15) is 0 Å². The fourth-order valence-electron chi connectivity index (χ4n) is 3.25. The number of imidazole rings is 1. The molecule has 9 heteroatoms. The lowest BCUT2D eigenvalue weighted by Crippen LogP contribution is -2.30. The Morgan fingerprint density at radius 1 is 1.44 bits per heavy atom. The lowest BCUT2D eigenvalue weighted by molar-refractivity contribution is 0.102. The first-order valence-corrected chi connectivity index (χ1v) is 10.3. The highest BCUT2D eigenvalue weighted by atomic mass is 32.2. The average Bonchev–Trinajstić information content (AvgIpc) is 3.16. The summed E-state index contributed by atoms with van der Waals surface area (Å²) in [6.45, 7) is 3.66. The number of nitrogens with two attached hydrogens (primary N) is 1. The van der Waals surface area contributed by atoms with Crippen LogP contribution in [0.5, 0.6) is 0 Å². The second kappa shape index (κ2) is 6.65. The molecule has 1 aliphatic rings. The standard InChI is InChI=1S/C18H18FN5OS2/c1-10-14(24-6-8-27-17(24)21-10)15(25)22-11-3-4-13(19)12(9-11)18(2)5-7-26-16(20)23-18/h3-4,6,8-9H,5,7H2,1-2H3,(H2,20,23)(H,22,25). The molecule has 0 bridgehead atoms. The molecule has 1 aromatic carbocycles. The Morgan fingerprint density at radius 3 is 3.04 bits per heavy atom. The summed E-state index contributed by atoms with van der Waals surface area (Å²) in [7, 11) is 0. The first-order chi connectivity index (χ1) is 12.9. The van der Waals surface area contributed by atoms with E-state index < -0.39 is 5.54 Å². The van der Waals surface area contributed by atoms with Crippen molar-refractivity contribution in [3.05, 3.63) is 52.5 Å². The van der Waals surface area contributed by atoms with Gasteiger partial charge in [-0.25, -0.2) is 9.37 Å². The van der Waals surface area contributed by atoms with Crippen molar-refractivity contribution in [3.63, 3.8) is 0 Å². The molecule has 27 heavy (non-hydrogen) atoms. The lowest BCUT2D eigenvalue weighted by Gasteiger charge is -2.30. The van der Waals surface area contributed by atoms with Crippen LogP contribution in [0, 0.1) is 12.7 Å². The highest BCUT2D eigenvalue weighted by Gasteiger charge is 2.32. The van der Waals surface area contributed by atoms with E-state index in [0.29, 0.717) is 34.2 Å². The molecular formula is C18H18FN5OS2. The largest absolute Gasteiger partial charge is 0.379 e. The highest BCUT2D eigenvalue weighted by Crippen LogP contribution is 2.37. The van der Waals surface area contributed by atoms with Gasteiger partial charge in [0.25, 0.3) is 5.91 Å². The number of thioether (sulfide) groups is 1. The van der Waals surface area contributed by atoms with Gasteiger partial charge in [0.2, 0.25) is 0 Å². The van der Waals surface area contributed by atoms with Crippen molar-refractivity contribution >= 4 is 44.8 Å². The number of rotatable bonds is 3. The summed E-state index contributed by atoms with van der Waals surface area (Å²) < 4.78 is 16.3. The van der Waals surface area contributed by atoms with Crippen molar-refractivity contribution in [2.45, 2.75) is 25.8 Å². The van der Waals surface area contributed by atoms with Gasteiger partial charge < -0.3 is 11.1 Å². The summed E-state index contributed by atoms with van der Waals surface area (Å²) in [6, 6.07) is 4.54. The Labute approximate surface area is 163 Å². The number of carbonyl (C=O) groups excluding carboxylic acids is 1. The minimum atomic E-state index is -0.743. The summed E-state index contributed by atoms with van der Waals surface area (Å²) in [6.07, 6.45) is 2.48. The Balaban J connectivity index is 1.67. The van der Waals surface area contributed by atoms with Gasteiger partial charge in [0.1, 0.15) is 11.5 Å². The van der Waals surface area contributed by atoms with Crippen LogP contribution in [0.25, 0.3) is 4.96 Å². The minimum Gasteiger partial charge on any atom is -0.379 e. The van der Waals surface area contributed by atoms with Crippen LogP contribution in [0.4, 0.5) is 10.1 Å². The van der Waals surface area contributed by atoms with Crippen molar-refractivity contribution in [2.24, 2.45) is 10.7 Å². The summed E-state index contributed by atoms with van der Waals surface area (Å²) in [4.78, 5) is 22.4. The van der Waals surface area contributed by atoms with Crippen LogP contribution in [0.3, 0.4) is 0 Å². The van der Waals surface area contributed by atoms with E-state index in [2.05, 4.69) is 15.3 Å². The molecule has 1 amide bonds. The number of nitrogens with one attached hydrogen (secondary N) is 1. The van der Waals surface area contributed by atoms with E-state index in [1.54, 1.807) is 23.5 Å². The molecule has 4 rings (SSSR count). The molecule has 140 valence electrons. The number of anilines is 1. The fourth-order valence-corrected chi connectivity index (χ4v) is 4.99. The number of carbonyl (C=O) groups is 1. The normalized spacial score (nSPS) is 19.9. The third kappa shape index (κ3) is 3.21. The summed E-state index contributed by atoms with van der Waals surface area (Å²) in [5.41, 5.74) is 7.16. The monoisotopic (exact) mass is 403 g/mol. The second-order valence-corrected chi connectivity index (χ2v) is 8.56. The zero-order valence-corrected chi connectivity index (χ0v) is 16.5. The quantitative estimate of drug-likeness (QED) is 0.697. The number of benzene rings is 1. The molecule has 3 aromatic rings.